The fraction of sp³-hybridized carbons (Fsp3) is 0.222. The van der Waals surface area contributed by atoms with Crippen molar-refractivity contribution in [2.75, 3.05) is 5.32 Å². The molecule has 0 bridgehead atoms. The number of aryl methyl sites for hydroxylation is 1. The number of carbonyl (C=O) groups is 2. The zero-order valence-corrected chi connectivity index (χ0v) is 12.7. The van der Waals surface area contributed by atoms with Crippen molar-refractivity contribution in [3.63, 3.8) is 0 Å². The topological polar surface area (TPSA) is 66.4 Å². The van der Waals surface area contributed by atoms with E-state index in [0.717, 1.165) is 5.56 Å². The minimum atomic E-state index is -1.26. The van der Waals surface area contributed by atoms with Gasteiger partial charge in [-0.05, 0) is 31.0 Å². The lowest BCUT2D eigenvalue weighted by Gasteiger charge is -2.25. The Morgan fingerprint density at radius 1 is 1.05 bits per heavy atom. The van der Waals surface area contributed by atoms with Gasteiger partial charge in [0.15, 0.2) is 0 Å². The number of hydrogen-bond acceptors (Lipinski definition) is 2. The molecule has 0 radical (unpaired) electrons. The predicted octanol–water partition coefficient (Wildman–Crippen LogP) is 3.37. The van der Waals surface area contributed by atoms with Crippen LogP contribution in [0.2, 0.25) is 0 Å². The first-order valence-corrected chi connectivity index (χ1v) is 7.08. The summed E-state index contributed by atoms with van der Waals surface area (Å²) < 4.78 is 0. The molecule has 0 fully saturated rings. The molecule has 2 N–H and O–H groups in total. The van der Waals surface area contributed by atoms with Crippen molar-refractivity contribution >= 4 is 17.6 Å². The van der Waals surface area contributed by atoms with E-state index in [2.05, 4.69) is 5.32 Å². The van der Waals surface area contributed by atoms with Crippen molar-refractivity contribution in [1.29, 1.82) is 0 Å². The maximum Gasteiger partial charge on any atom is 0.314 e. The number of anilines is 1. The van der Waals surface area contributed by atoms with Gasteiger partial charge in [-0.25, -0.2) is 0 Å². The first-order chi connectivity index (χ1) is 10.4. The standard InChI is InChI=1S/C18H19NO3/c1-13-8-6-7-11-15(13)19-16(20)12-18(2,17(21)22)14-9-4-3-5-10-14/h3-11H,12H2,1-2H3,(H,19,20)(H,21,22)/t18-/m0/s1. The highest BCUT2D eigenvalue weighted by Crippen LogP contribution is 2.28. The molecule has 0 unspecified atom stereocenters. The van der Waals surface area contributed by atoms with Crippen LogP contribution in [0.4, 0.5) is 5.69 Å². The summed E-state index contributed by atoms with van der Waals surface area (Å²) in [6, 6.07) is 16.2. The first-order valence-electron chi connectivity index (χ1n) is 7.08. The molecule has 0 aliphatic carbocycles. The zero-order chi connectivity index (χ0) is 16.2. The van der Waals surface area contributed by atoms with E-state index < -0.39 is 11.4 Å². The van der Waals surface area contributed by atoms with Gasteiger partial charge in [0.2, 0.25) is 5.91 Å². The summed E-state index contributed by atoms with van der Waals surface area (Å²) >= 11 is 0. The molecule has 0 aromatic heterocycles. The lowest BCUT2D eigenvalue weighted by Crippen LogP contribution is -2.36. The van der Waals surface area contributed by atoms with Crippen LogP contribution in [0.1, 0.15) is 24.5 Å². The third-order valence-electron chi connectivity index (χ3n) is 3.82. The predicted molar refractivity (Wildman–Crippen MR) is 85.9 cm³/mol. The summed E-state index contributed by atoms with van der Waals surface area (Å²) in [5, 5.41) is 12.4. The van der Waals surface area contributed by atoms with Gasteiger partial charge in [0.1, 0.15) is 0 Å². The van der Waals surface area contributed by atoms with Crippen molar-refractivity contribution in [2.45, 2.75) is 25.7 Å². The number of aliphatic carboxylic acids is 1. The van der Waals surface area contributed by atoms with Crippen LogP contribution >= 0.6 is 0 Å². The molecule has 0 saturated carbocycles. The molecule has 0 heterocycles. The maximum atomic E-state index is 12.3. The van der Waals surface area contributed by atoms with Gasteiger partial charge >= 0.3 is 5.97 Å². The number of amides is 1. The van der Waals surface area contributed by atoms with E-state index in [0.29, 0.717) is 11.3 Å². The smallest absolute Gasteiger partial charge is 0.314 e. The number of carbonyl (C=O) groups excluding carboxylic acids is 1. The molecule has 2 aromatic rings. The molecule has 1 amide bonds. The number of carboxylic acids is 1. The Hall–Kier alpha value is -2.62. The molecular weight excluding hydrogens is 278 g/mol. The van der Waals surface area contributed by atoms with Crippen molar-refractivity contribution in [3.8, 4) is 0 Å². The Kier molecular flexibility index (Phi) is 4.61. The summed E-state index contributed by atoms with van der Waals surface area (Å²) in [5.74, 6) is -1.33. The van der Waals surface area contributed by atoms with Crippen molar-refractivity contribution in [2.24, 2.45) is 0 Å². The quantitative estimate of drug-likeness (QED) is 0.889. The third-order valence-corrected chi connectivity index (χ3v) is 3.82. The van der Waals surface area contributed by atoms with Crippen LogP contribution in [0, 0.1) is 6.92 Å². The van der Waals surface area contributed by atoms with E-state index in [-0.39, 0.29) is 12.3 Å². The Morgan fingerprint density at radius 2 is 1.64 bits per heavy atom. The van der Waals surface area contributed by atoms with Crippen molar-refractivity contribution in [3.05, 3.63) is 65.7 Å². The molecule has 4 heteroatoms. The molecule has 2 rings (SSSR count). The van der Waals surface area contributed by atoms with Crippen LogP contribution in [0.5, 0.6) is 0 Å². The second-order valence-corrected chi connectivity index (χ2v) is 5.54. The lowest BCUT2D eigenvalue weighted by molar-refractivity contribution is -0.145. The minimum Gasteiger partial charge on any atom is -0.481 e. The fourth-order valence-electron chi connectivity index (χ4n) is 2.34. The molecule has 0 aliphatic rings. The van der Waals surface area contributed by atoms with Gasteiger partial charge in [-0.3, -0.25) is 9.59 Å². The van der Waals surface area contributed by atoms with Gasteiger partial charge in [0, 0.05) is 12.1 Å². The highest BCUT2D eigenvalue weighted by atomic mass is 16.4. The molecular formula is C18H19NO3. The average molecular weight is 297 g/mol. The van der Waals surface area contributed by atoms with Gasteiger partial charge in [-0.1, -0.05) is 48.5 Å². The maximum absolute atomic E-state index is 12.3. The zero-order valence-electron chi connectivity index (χ0n) is 12.7. The lowest BCUT2D eigenvalue weighted by atomic mass is 9.79. The molecule has 22 heavy (non-hydrogen) atoms. The van der Waals surface area contributed by atoms with Crippen LogP contribution in [0.15, 0.2) is 54.6 Å². The minimum absolute atomic E-state index is 0.124. The molecule has 0 spiro atoms. The summed E-state index contributed by atoms with van der Waals surface area (Å²) in [5.41, 5.74) is 0.997. The Bertz CT molecular complexity index is 682. The molecule has 0 saturated heterocycles. The number of nitrogens with one attached hydrogen (secondary N) is 1. The number of rotatable bonds is 5. The van der Waals surface area contributed by atoms with E-state index in [4.69, 9.17) is 0 Å². The molecule has 1 atom stereocenters. The number of para-hydroxylation sites is 1. The second-order valence-electron chi connectivity index (χ2n) is 5.54. The first kappa shape index (κ1) is 15.8. The summed E-state index contributed by atoms with van der Waals surface area (Å²) in [4.78, 5) is 24.0. The van der Waals surface area contributed by atoms with Crippen LogP contribution < -0.4 is 5.32 Å². The molecule has 2 aromatic carbocycles. The summed E-state index contributed by atoms with van der Waals surface area (Å²) in [6.45, 7) is 3.46. The Morgan fingerprint density at radius 3 is 2.23 bits per heavy atom. The van der Waals surface area contributed by atoms with E-state index in [1.165, 1.54) is 0 Å². The van der Waals surface area contributed by atoms with Crippen molar-refractivity contribution in [1.82, 2.24) is 0 Å². The number of carboxylic acid groups (broad SMARTS) is 1. The monoisotopic (exact) mass is 297 g/mol. The molecule has 0 aliphatic heterocycles. The third kappa shape index (κ3) is 3.34. The van der Waals surface area contributed by atoms with Crippen molar-refractivity contribution < 1.29 is 14.7 Å². The normalized spacial score (nSPS) is 13.2. The summed E-state index contributed by atoms with van der Waals surface area (Å²) in [6.07, 6.45) is -0.124. The Labute approximate surface area is 129 Å². The Balaban J connectivity index is 2.20. The van der Waals surface area contributed by atoms with Gasteiger partial charge < -0.3 is 10.4 Å². The number of benzene rings is 2. The average Bonchev–Trinajstić information content (AvgIpc) is 2.50. The van der Waals surface area contributed by atoms with E-state index >= 15 is 0 Å². The second kappa shape index (κ2) is 6.43. The van der Waals surface area contributed by atoms with E-state index in [9.17, 15) is 14.7 Å². The fourth-order valence-corrected chi connectivity index (χ4v) is 2.34. The highest BCUT2D eigenvalue weighted by molar-refractivity contribution is 5.96. The molecule has 4 nitrogen and oxygen atoms in total. The summed E-state index contributed by atoms with van der Waals surface area (Å²) in [7, 11) is 0. The van der Waals surface area contributed by atoms with E-state index in [1.807, 2.05) is 31.2 Å². The van der Waals surface area contributed by atoms with Crippen LogP contribution in [0.25, 0.3) is 0 Å². The van der Waals surface area contributed by atoms with Crippen LogP contribution in [-0.2, 0) is 15.0 Å². The SMILES string of the molecule is Cc1ccccc1NC(=O)C[C@](C)(C(=O)O)c1ccccc1. The van der Waals surface area contributed by atoms with Crippen LogP contribution in [0.3, 0.4) is 0 Å². The van der Waals surface area contributed by atoms with Gasteiger partial charge in [-0.15, -0.1) is 0 Å². The number of hydrogen-bond donors (Lipinski definition) is 2. The molecule has 114 valence electrons. The van der Waals surface area contributed by atoms with E-state index in [1.54, 1.807) is 37.3 Å². The van der Waals surface area contributed by atoms with Crippen LogP contribution in [-0.4, -0.2) is 17.0 Å². The van der Waals surface area contributed by atoms with Gasteiger partial charge in [0.25, 0.3) is 0 Å². The largest absolute Gasteiger partial charge is 0.481 e. The van der Waals surface area contributed by atoms with Gasteiger partial charge in [-0.2, -0.15) is 0 Å². The highest BCUT2D eigenvalue weighted by Gasteiger charge is 2.37. The van der Waals surface area contributed by atoms with Gasteiger partial charge in [0.05, 0.1) is 5.41 Å².